The highest BCUT2D eigenvalue weighted by Crippen LogP contribution is 2.46. The lowest BCUT2D eigenvalue weighted by molar-refractivity contribution is -0.121. The summed E-state index contributed by atoms with van der Waals surface area (Å²) in [5.41, 5.74) is 0.372. The fourth-order valence-electron chi connectivity index (χ4n) is 4.14. The van der Waals surface area contributed by atoms with Crippen molar-refractivity contribution >= 4 is 29.2 Å². The molecule has 2 atom stereocenters. The van der Waals surface area contributed by atoms with Gasteiger partial charge in [-0.2, -0.15) is 0 Å². The van der Waals surface area contributed by atoms with E-state index < -0.39 is 5.41 Å². The Hall–Kier alpha value is -2.85. The Morgan fingerprint density at radius 1 is 1.20 bits per heavy atom. The van der Waals surface area contributed by atoms with Gasteiger partial charge in [0.05, 0.1) is 41.3 Å². The largest absolute Gasteiger partial charge is 0.388 e. The molecular formula is C20H27N7O3. The summed E-state index contributed by atoms with van der Waals surface area (Å²) in [6.45, 7) is 8.81. The molecule has 30 heavy (non-hydrogen) atoms. The Morgan fingerprint density at radius 2 is 1.83 bits per heavy atom. The van der Waals surface area contributed by atoms with Crippen LogP contribution in [0.1, 0.15) is 39.1 Å². The van der Waals surface area contributed by atoms with Crippen LogP contribution in [0.4, 0.5) is 23.3 Å². The van der Waals surface area contributed by atoms with Crippen LogP contribution < -0.4 is 15.1 Å². The molecule has 2 aliphatic heterocycles. The second-order valence-corrected chi connectivity index (χ2v) is 8.26. The number of aromatic nitrogens is 4. The van der Waals surface area contributed by atoms with E-state index in [4.69, 9.17) is 4.74 Å². The second kappa shape index (κ2) is 7.44. The molecule has 0 aliphatic carbocycles. The molecule has 10 nitrogen and oxygen atoms in total. The molecule has 2 N–H and O–H groups in total. The number of carbonyl (C=O) groups excluding carboxylic acids is 1. The first-order valence-corrected chi connectivity index (χ1v) is 10.0. The molecule has 1 fully saturated rings. The Labute approximate surface area is 175 Å². The number of rotatable bonds is 4. The summed E-state index contributed by atoms with van der Waals surface area (Å²) in [5, 5.41) is 12.6. The van der Waals surface area contributed by atoms with Crippen LogP contribution in [-0.2, 0) is 21.6 Å². The van der Waals surface area contributed by atoms with Gasteiger partial charge in [0.25, 0.3) is 0 Å². The Bertz CT molecular complexity index is 954. The van der Waals surface area contributed by atoms with Crippen LogP contribution in [-0.4, -0.2) is 63.3 Å². The summed E-state index contributed by atoms with van der Waals surface area (Å²) in [6, 6.07) is 0. The lowest BCUT2D eigenvalue weighted by atomic mass is 9.87. The third kappa shape index (κ3) is 3.25. The minimum atomic E-state index is -0.838. The molecule has 10 heteroatoms. The number of ether oxygens (including phenoxy) is 1. The zero-order valence-electron chi connectivity index (χ0n) is 17.9. The lowest BCUT2D eigenvalue weighted by Gasteiger charge is -2.35. The SMILES string of the molecule is CNc1nc(CO)nc2c1C(C)(C)C(=O)N2c1cnc(N2C[C@@H](C)O[C@@H](C)C2)nc1. The van der Waals surface area contributed by atoms with Crippen molar-refractivity contribution < 1.29 is 14.6 Å². The van der Waals surface area contributed by atoms with Crippen molar-refractivity contribution in [2.75, 3.05) is 35.3 Å². The molecule has 1 saturated heterocycles. The number of nitrogens with zero attached hydrogens (tertiary/aromatic N) is 6. The maximum atomic E-state index is 13.3. The Balaban J connectivity index is 1.72. The smallest absolute Gasteiger partial charge is 0.243 e. The van der Waals surface area contributed by atoms with Gasteiger partial charge in [0.15, 0.2) is 5.82 Å². The van der Waals surface area contributed by atoms with Gasteiger partial charge in [0, 0.05) is 20.1 Å². The number of aliphatic hydroxyl groups is 1. The highest BCUT2D eigenvalue weighted by Gasteiger charge is 2.48. The van der Waals surface area contributed by atoms with Crippen LogP contribution in [0.2, 0.25) is 0 Å². The second-order valence-electron chi connectivity index (χ2n) is 8.26. The van der Waals surface area contributed by atoms with Crippen molar-refractivity contribution in [1.82, 2.24) is 19.9 Å². The third-order valence-electron chi connectivity index (χ3n) is 5.47. The Kier molecular flexibility index (Phi) is 5.07. The van der Waals surface area contributed by atoms with E-state index in [1.165, 1.54) is 4.90 Å². The van der Waals surface area contributed by atoms with Crippen LogP contribution in [0.15, 0.2) is 12.4 Å². The van der Waals surface area contributed by atoms with Crippen molar-refractivity contribution in [3.8, 4) is 0 Å². The lowest BCUT2D eigenvalue weighted by Crippen LogP contribution is -2.46. The summed E-state index contributed by atoms with van der Waals surface area (Å²) < 4.78 is 5.77. The quantitative estimate of drug-likeness (QED) is 0.766. The van der Waals surface area contributed by atoms with Crippen LogP contribution in [0.25, 0.3) is 0 Å². The van der Waals surface area contributed by atoms with Crippen molar-refractivity contribution in [2.24, 2.45) is 0 Å². The van der Waals surface area contributed by atoms with Crippen LogP contribution >= 0.6 is 0 Å². The zero-order chi connectivity index (χ0) is 21.6. The van der Waals surface area contributed by atoms with Crippen molar-refractivity contribution in [3.05, 3.63) is 23.8 Å². The van der Waals surface area contributed by atoms with Gasteiger partial charge < -0.3 is 20.1 Å². The molecule has 1 amide bonds. The molecule has 160 valence electrons. The molecule has 4 rings (SSSR count). The molecule has 0 aromatic carbocycles. The summed E-state index contributed by atoms with van der Waals surface area (Å²) in [5.74, 6) is 1.66. The normalized spacial score (nSPS) is 22.9. The van der Waals surface area contributed by atoms with Gasteiger partial charge in [0.1, 0.15) is 18.2 Å². The third-order valence-corrected chi connectivity index (χ3v) is 5.47. The number of aliphatic hydroxyl groups excluding tert-OH is 1. The number of amides is 1. The van der Waals surface area contributed by atoms with Crippen LogP contribution in [0.3, 0.4) is 0 Å². The fraction of sp³-hybridized carbons (Fsp3) is 0.550. The van der Waals surface area contributed by atoms with Gasteiger partial charge in [-0.3, -0.25) is 9.69 Å². The first-order chi connectivity index (χ1) is 14.3. The number of morpholine rings is 1. The molecule has 0 unspecified atom stereocenters. The minimum Gasteiger partial charge on any atom is -0.388 e. The molecule has 0 spiro atoms. The number of fused-ring (bicyclic) bond motifs is 1. The summed E-state index contributed by atoms with van der Waals surface area (Å²) >= 11 is 0. The van der Waals surface area contributed by atoms with Crippen molar-refractivity contribution in [1.29, 1.82) is 0 Å². The van der Waals surface area contributed by atoms with E-state index in [0.29, 0.717) is 41.9 Å². The van der Waals surface area contributed by atoms with Gasteiger partial charge in [0.2, 0.25) is 11.9 Å². The molecule has 0 saturated carbocycles. The predicted octanol–water partition coefficient (Wildman–Crippen LogP) is 1.37. The standard InChI is InChI=1S/C20H27N7O3/c1-11-8-26(9-12(2)30-11)19-22-6-13(7-23-19)27-17-15(20(3,4)18(27)29)16(21-5)24-14(10-28)25-17/h6-7,11-12,28H,8-10H2,1-5H3,(H,21,24,25)/t11-,12+. The van der Waals surface area contributed by atoms with E-state index in [-0.39, 0.29) is 30.5 Å². The number of nitrogens with one attached hydrogen (secondary N) is 1. The first kappa shape index (κ1) is 20.4. The molecule has 2 aromatic rings. The first-order valence-electron chi connectivity index (χ1n) is 10.0. The summed E-state index contributed by atoms with van der Waals surface area (Å²) in [4.78, 5) is 34.7. The van der Waals surface area contributed by atoms with E-state index in [2.05, 4.69) is 30.2 Å². The number of hydrogen-bond donors (Lipinski definition) is 2. The molecular weight excluding hydrogens is 386 g/mol. The van der Waals surface area contributed by atoms with Crippen molar-refractivity contribution in [2.45, 2.75) is 51.9 Å². The van der Waals surface area contributed by atoms with Crippen LogP contribution in [0, 0.1) is 0 Å². The van der Waals surface area contributed by atoms with E-state index in [0.717, 1.165) is 0 Å². The average Bonchev–Trinajstić information content (AvgIpc) is 2.92. The van der Waals surface area contributed by atoms with Gasteiger partial charge in [-0.1, -0.05) is 0 Å². The molecule has 0 bridgehead atoms. The molecule has 4 heterocycles. The van der Waals surface area contributed by atoms with Crippen LogP contribution in [0.5, 0.6) is 0 Å². The van der Waals surface area contributed by atoms with Gasteiger partial charge in [-0.05, 0) is 27.7 Å². The summed E-state index contributed by atoms with van der Waals surface area (Å²) in [6.07, 6.45) is 3.46. The average molecular weight is 413 g/mol. The zero-order valence-corrected chi connectivity index (χ0v) is 17.9. The molecule has 0 radical (unpaired) electrons. The fourth-order valence-corrected chi connectivity index (χ4v) is 4.14. The molecule has 2 aromatic heterocycles. The van der Waals surface area contributed by atoms with Crippen molar-refractivity contribution in [3.63, 3.8) is 0 Å². The monoisotopic (exact) mass is 413 g/mol. The maximum Gasteiger partial charge on any atom is 0.243 e. The van der Waals surface area contributed by atoms with Gasteiger partial charge in [-0.15, -0.1) is 0 Å². The minimum absolute atomic E-state index is 0.0958. The highest BCUT2D eigenvalue weighted by atomic mass is 16.5. The molecule has 2 aliphatic rings. The topological polar surface area (TPSA) is 117 Å². The summed E-state index contributed by atoms with van der Waals surface area (Å²) in [7, 11) is 1.73. The van der Waals surface area contributed by atoms with Gasteiger partial charge >= 0.3 is 0 Å². The van der Waals surface area contributed by atoms with E-state index in [1.54, 1.807) is 19.4 Å². The van der Waals surface area contributed by atoms with E-state index in [1.807, 2.05) is 27.7 Å². The van der Waals surface area contributed by atoms with Gasteiger partial charge in [-0.25, -0.2) is 19.9 Å². The maximum absolute atomic E-state index is 13.3. The number of anilines is 4. The van der Waals surface area contributed by atoms with E-state index in [9.17, 15) is 9.90 Å². The Morgan fingerprint density at radius 3 is 2.40 bits per heavy atom. The predicted molar refractivity (Wildman–Crippen MR) is 112 cm³/mol. The number of carbonyl (C=O) groups is 1. The number of hydrogen-bond acceptors (Lipinski definition) is 9. The highest BCUT2D eigenvalue weighted by molar-refractivity contribution is 6.12. The van der Waals surface area contributed by atoms with E-state index >= 15 is 0 Å².